The van der Waals surface area contributed by atoms with Gasteiger partial charge in [0, 0.05) is 43.1 Å². The van der Waals surface area contributed by atoms with Crippen LogP contribution in [0.3, 0.4) is 0 Å². The molecule has 0 radical (unpaired) electrons. The number of piperidine rings is 1. The van der Waals surface area contributed by atoms with E-state index in [1.54, 1.807) is 6.92 Å². The van der Waals surface area contributed by atoms with Crippen LogP contribution in [-0.2, 0) is 9.59 Å². The molecule has 1 saturated heterocycles. The largest absolute Gasteiger partial charge is 0.481 e. The molecule has 3 rings (SSSR count). The van der Waals surface area contributed by atoms with Crippen molar-refractivity contribution < 1.29 is 14.7 Å². The summed E-state index contributed by atoms with van der Waals surface area (Å²) in [6.07, 6.45) is 10.1. The summed E-state index contributed by atoms with van der Waals surface area (Å²) in [5.74, 6) is -0.806. The number of carbonyl (C=O) groups excluding carboxylic acids is 1. The lowest BCUT2D eigenvalue weighted by atomic mass is 9.65. The Labute approximate surface area is 155 Å². The van der Waals surface area contributed by atoms with Gasteiger partial charge < -0.3 is 15.3 Å². The maximum atomic E-state index is 12.4. The van der Waals surface area contributed by atoms with E-state index in [0.717, 1.165) is 38.8 Å². The summed E-state index contributed by atoms with van der Waals surface area (Å²) in [5.41, 5.74) is 1.63. The maximum Gasteiger partial charge on any atom is 0.305 e. The van der Waals surface area contributed by atoms with Crippen molar-refractivity contribution in [2.24, 2.45) is 11.3 Å². The first kappa shape index (κ1) is 18.7. The Balaban J connectivity index is 1.46. The van der Waals surface area contributed by atoms with Crippen LogP contribution in [0.2, 0.25) is 0 Å². The molecule has 1 aliphatic heterocycles. The third-order valence-electron chi connectivity index (χ3n) is 6.14. The molecule has 2 aliphatic rings. The molecular formula is C20H29N3O3. The van der Waals surface area contributed by atoms with E-state index in [1.807, 2.05) is 12.4 Å². The Bertz CT molecular complexity index is 616. The molecule has 1 atom stereocenters. The summed E-state index contributed by atoms with van der Waals surface area (Å²) >= 11 is 0. The van der Waals surface area contributed by atoms with Crippen LogP contribution in [0.15, 0.2) is 24.5 Å². The monoisotopic (exact) mass is 359 g/mol. The molecule has 26 heavy (non-hydrogen) atoms. The van der Waals surface area contributed by atoms with Crippen LogP contribution in [0.5, 0.6) is 0 Å². The Morgan fingerprint density at radius 3 is 2.42 bits per heavy atom. The van der Waals surface area contributed by atoms with Gasteiger partial charge >= 0.3 is 5.97 Å². The lowest BCUT2D eigenvalue weighted by Gasteiger charge is -2.46. The van der Waals surface area contributed by atoms with Crippen LogP contribution in [0, 0.1) is 11.3 Å². The van der Waals surface area contributed by atoms with Gasteiger partial charge in [0.1, 0.15) is 0 Å². The molecule has 2 N–H and O–H groups in total. The average molecular weight is 359 g/mol. The normalized spacial score (nSPS) is 21.3. The standard InChI is InChI=1S/C20H29N3O3/c1-15(14-18(24)25)22-19(26)16-2-6-20(7-3-16)8-12-23(13-9-20)17-4-10-21-11-5-17/h4-5,10-11,15-16H,2-3,6-9,12-14H2,1H3,(H,22,26)(H,24,25)/t15-/m0/s1. The predicted octanol–water partition coefficient (Wildman–Crippen LogP) is 2.84. The first-order valence-electron chi connectivity index (χ1n) is 9.65. The second-order valence-electron chi connectivity index (χ2n) is 7.97. The number of hydrogen-bond donors (Lipinski definition) is 2. The molecule has 2 fully saturated rings. The summed E-state index contributed by atoms with van der Waals surface area (Å²) in [6.45, 7) is 3.89. The van der Waals surface area contributed by atoms with E-state index < -0.39 is 5.97 Å². The first-order valence-corrected chi connectivity index (χ1v) is 9.65. The van der Waals surface area contributed by atoms with E-state index in [9.17, 15) is 9.59 Å². The molecule has 1 aliphatic carbocycles. The number of carboxylic acids is 1. The molecule has 6 heteroatoms. The van der Waals surface area contributed by atoms with Gasteiger partial charge in [0.05, 0.1) is 6.42 Å². The van der Waals surface area contributed by atoms with E-state index in [-0.39, 0.29) is 24.3 Å². The van der Waals surface area contributed by atoms with Crippen molar-refractivity contribution in [2.45, 2.75) is 57.9 Å². The average Bonchev–Trinajstić information content (AvgIpc) is 2.63. The highest BCUT2D eigenvalue weighted by Crippen LogP contribution is 2.46. The summed E-state index contributed by atoms with van der Waals surface area (Å²) in [7, 11) is 0. The van der Waals surface area contributed by atoms with E-state index >= 15 is 0 Å². The molecule has 1 aromatic rings. The molecule has 1 amide bonds. The molecule has 0 bridgehead atoms. The molecule has 2 heterocycles. The Hall–Kier alpha value is -2.11. The Kier molecular flexibility index (Phi) is 5.79. The van der Waals surface area contributed by atoms with Gasteiger partial charge in [0.15, 0.2) is 0 Å². The minimum atomic E-state index is -0.874. The number of anilines is 1. The van der Waals surface area contributed by atoms with Gasteiger partial charge in [-0.15, -0.1) is 0 Å². The zero-order valence-electron chi connectivity index (χ0n) is 15.5. The van der Waals surface area contributed by atoms with Gasteiger partial charge in [0.2, 0.25) is 5.91 Å². The smallest absolute Gasteiger partial charge is 0.305 e. The second kappa shape index (κ2) is 8.06. The Morgan fingerprint density at radius 1 is 1.23 bits per heavy atom. The van der Waals surface area contributed by atoms with E-state index in [1.165, 1.54) is 18.5 Å². The minimum absolute atomic E-state index is 0.0206. The highest BCUT2D eigenvalue weighted by atomic mass is 16.4. The van der Waals surface area contributed by atoms with Gasteiger partial charge in [0.25, 0.3) is 0 Å². The third kappa shape index (κ3) is 4.54. The highest BCUT2D eigenvalue weighted by molar-refractivity contribution is 5.79. The topological polar surface area (TPSA) is 82.5 Å². The van der Waals surface area contributed by atoms with Crippen molar-refractivity contribution in [3.05, 3.63) is 24.5 Å². The number of pyridine rings is 1. The zero-order valence-corrected chi connectivity index (χ0v) is 15.5. The fraction of sp³-hybridized carbons (Fsp3) is 0.650. The van der Waals surface area contributed by atoms with Crippen molar-refractivity contribution in [2.75, 3.05) is 18.0 Å². The fourth-order valence-corrected chi connectivity index (χ4v) is 4.46. The predicted molar refractivity (Wildman–Crippen MR) is 99.9 cm³/mol. The first-order chi connectivity index (χ1) is 12.5. The molecule has 142 valence electrons. The number of rotatable bonds is 5. The van der Waals surface area contributed by atoms with Crippen molar-refractivity contribution in [1.82, 2.24) is 10.3 Å². The van der Waals surface area contributed by atoms with Crippen molar-refractivity contribution in [3.8, 4) is 0 Å². The lowest BCUT2D eigenvalue weighted by molar-refractivity contribution is -0.137. The molecule has 1 saturated carbocycles. The molecule has 1 aromatic heterocycles. The maximum absolute atomic E-state index is 12.4. The van der Waals surface area contributed by atoms with Crippen LogP contribution < -0.4 is 10.2 Å². The Morgan fingerprint density at radius 2 is 1.85 bits per heavy atom. The van der Waals surface area contributed by atoms with Crippen LogP contribution in [0.4, 0.5) is 5.69 Å². The number of aliphatic carboxylic acids is 1. The molecule has 0 aromatic carbocycles. The summed E-state index contributed by atoms with van der Waals surface area (Å²) < 4.78 is 0. The van der Waals surface area contributed by atoms with Gasteiger partial charge in [-0.1, -0.05) is 0 Å². The van der Waals surface area contributed by atoms with Crippen LogP contribution >= 0.6 is 0 Å². The van der Waals surface area contributed by atoms with Crippen molar-refractivity contribution in [3.63, 3.8) is 0 Å². The zero-order chi connectivity index (χ0) is 18.6. The highest BCUT2D eigenvalue weighted by Gasteiger charge is 2.39. The van der Waals surface area contributed by atoms with Crippen LogP contribution in [-0.4, -0.2) is 41.1 Å². The number of nitrogens with one attached hydrogen (secondary N) is 1. The summed E-state index contributed by atoms with van der Waals surface area (Å²) in [6, 6.07) is 3.83. The molecule has 0 unspecified atom stereocenters. The number of carboxylic acid groups (broad SMARTS) is 1. The van der Waals surface area contributed by atoms with E-state index in [0.29, 0.717) is 5.41 Å². The quantitative estimate of drug-likeness (QED) is 0.845. The number of amides is 1. The van der Waals surface area contributed by atoms with Crippen molar-refractivity contribution >= 4 is 17.6 Å². The van der Waals surface area contributed by atoms with Crippen LogP contribution in [0.25, 0.3) is 0 Å². The van der Waals surface area contributed by atoms with Crippen LogP contribution in [0.1, 0.15) is 51.9 Å². The van der Waals surface area contributed by atoms with Gasteiger partial charge in [-0.2, -0.15) is 0 Å². The fourth-order valence-electron chi connectivity index (χ4n) is 4.46. The number of hydrogen-bond acceptors (Lipinski definition) is 4. The van der Waals surface area contributed by atoms with Gasteiger partial charge in [-0.25, -0.2) is 0 Å². The third-order valence-corrected chi connectivity index (χ3v) is 6.14. The molecule has 6 nitrogen and oxygen atoms in total. The lowest BCUT2D eigenvalue weighted by Crippen LogP contribution is -2.45. The summed E-state index contributed by atoms with van der Waals surface area (Å²) in [4.78, 5) is 29.6. The molecular weight excluding hydrogens is 330 g/mol. The second-order valence-corrected chi connectivity index (χ2v) is 7.97. The van der Waals surface area contributed by atoms with Crippen molar-refractivity contribution in [1.29, 1.82) is 0 Å². The summed E-state index contributed by atoms with van der Waals surface area (Å²) in [5, 5.41) is 11.7. The SMILES string of the molecule is C[C@@H](CC(=O)O)NC(=O)C1CCC2(CC1)CCN(c1ccncc1)CC2. The number of aromatic nitrogens is 1. The van der Waals surface area contributed by atoms with Gasteiger partial charge in [-0.3, -0.25) is 14.6 Å². The number of nitrogens with zero attached hydrogens (tertiary/aromatic N) is 2. The molecule has 1 spiro atoms. The van der Waals surface area contributed by atoms with E-state index in [4.69, 9.17) is 5.11 Å². The number of carbonyl (C=O) groups is 2. The minimum Gasteiger partial charge on any atom is -0.481 e. The van der Waals surface area contributed by atoms with Gasteiger partial charge in [-0.05, 0) is 63.0 Å². The van der Waals surface area contributed by atoms with E-state index in [2.05, 4.69) is 27.3 Å².